The van der Waals surface area contributed by atoms with Gasteiger partial charge in [0.15, 0.2) is 5.82 Å². The van der Waals surface area contributed by atoms with Crippen LogP contribution in [-0.2, 0) is 4.79 Å². The van der Waals surface area contributed by atoms with Gasteiger partial charge in [0.25, 0.3) is 0 Å². The zero-order valence-corrected chi connectivity index (χ0v) is 28.5. The van der Waals surface area contributed by atoms with Crippen LogP contribution in [0.15, 0.2) is 42.0 Å². The van der Waals surface area contributed by atoms with Crippen LogP contribution in [0.25, 0.3) is 27.7 Å². The van der Waals surface area contributed by atoms with Gasteiger partial charge in [0, 0.05) is 38.3 Å². The smallest absolute Gasteiger partial charge is 0.354 e. The Labute approximate surface area is 282 Å². The third-order valence-corrected chi connectivity index (χ3v) is 9.67. The Kier molecular flexibility index (Phi) is 8.65. The van der Waals surface area contributed by atoms with E-state index < -0.39 is 28.6 Å². The maximum Gasteiger partial charge on any atom is 0.354 e. The van der Waals surface area contributed by atoms with Crippen molar-refractivity contribution in [3.8, 4) is 22.6 Å². The molecule has 4 heterocycles. The first kappa shape index (κ1) is 33.3. The fourth-order valence-corrected chi connectivity index (χ4v) is 7.51. The van der Waals surface area contributed by atoms with E-state index in [0.717, 1.165) is 6.07 Å². The van der Waals surface area contributed by atoms with E-state index in [-0.39, 0.29) is 62.8 Å². The molecule has 2 atom stereocenters. The van der Waals surface area contributed by atoms with Crippen LogP contribution >= 0.6 is 11.6 Å². The molecule has 2 aliphatic rings. The van der Waals surface area contributed by atoms with Gasteiger partial charge in [0.05, 0.1) is 50.3 Å². The lowest BCUT2D eigenvalue weighted by atomic mass is 9.95. The number of rotatable bonds is 5. The highest BCUT2D eigenvalue weighted by Gasteiger charge is 2.40. The molecule has 48 heavy (non-hydrogen) atoms. The van der Waals surface area contributed by atoms with Gasteiger partial charge in [-0.05, 0) is 43.4 Å². The summed E-state index contributed by atoms with van der Waals surface area (Å²) in [5, 5.41) is 10.9. The molecular formula is C35H38ClF2N7O3. The number of fused-ring (bicyclic) bond motifs is 2. The molecule has 2 aromatic heterocycles. The number of carbonyl (C=O) groups excluding carboxylic acids is 1. The van der Waals surface area contributed by atoms with E-state index in [1.807, 2.05) is 39.5 Å². The number of piperazine rings is 1. The minimum Gasteiger partial charge on any atom is -0.507 e. The molecule has 252 valence electrons. The Hall–Kier alpha value is -4.58. The highest BCUT2D eigenvalue weighted by molar-refractivity contribution is 6.39. The summed E-state index contributed by atoms with van der Waals surface area (Å²) < 4.78 is 34.1. The van der Waals surface area contributed by atoms with Gasteiger partial charge in [-0.1, -0.05) is 51.9 Å². The number of nitrogens with zero attached hydrogens (tertiary/aromatic N) is 7. The molecule has 0 bridgehead atoms. The van der Waals surface area contributed by atoms with E-state index >= 15 is 8.78 Å². The number of benzene rings is 2. The quantitative estimate of drug-likeness (QED) is 0.251. The van der Waals surface area contributed by atoms with Crippen molar-refractivity contribution < 1.29 is 18.7 Å². The molecule has 2 unspecified atom stereocenters. The number of aromatic hydroxyl groups is 1. The van der Waals surface area contributed by atoms with Crippen molar-refractivity contribution in [2.75, 3.05) is 36.5 Å². The molecule has 1 N–H and O–H groups in total. The van der Waals surface area contributed by atoms with Crippen molar-refractivity contribution in [1.82, 2.24) is 24.4 Å². The monoisotopic (exact) mass is 677 g/mol. The second kappa shape index (κ2) is 12.5. The largest absolute Gasteiger partial charge is 0.507 e. The number of phenols is 1. The molecule has 0 saturated carbocycles. The molecule has 10 nitrogen and oxygen atoms in total. The summed E-state index contributed by atoms with van der Waals surface area (Å²) >= 11 is 7.23. The predicted molar refractivity (Wildman–Crippen MR) is 184 cm³/mol. The summed E-state index contributed by atoms with van der Waals surface area (Å²) in [6.45, 7) is 14.3. The normalized spacial score (nSPS) is 17.9. The fourth-order valence-electron chi connectivity index (χ4n) is 7.15. The van der Waals surface area contributed by atoms with Crippen LogP contribution < -0.4 is 15.5 Å². The van der Waals surface area contributed by atoms with Gasteiger partial charge in [-0.25, -0.2) is 23.5 Å². The Morgan fingerprint density at radius 2 is 1.75 bits per heavy atom. The maximum atomic E-state index is 17.2. The summed E-state index contributed by atoms with van der Waals surface area (Å²) in [4.78, 5) is 46.5. The molecule has 13 heteroatoms. The highest BCUT2D eigenvalue weighted by Crippen LogP contribution is 2.50. The van der Waals surface area contributed by atoms with Crippen molar-refractivity contribution >= 4 is 39.9 Å². The van der Waals surface area contributed by atoms with Gasteiger partial charge < -0.3 is 19.8 Å². The van der Waals surface area contributed by atoms with Crippen molar-refractivity contribution in [2.24, 2.45) is 0 Å². The van der Waals surface area contributed by atoms with E-state index in [1.165, 1.54) is 29.1 Å². The molecule has 1 amide bonds. The Bertz CT molecular complexity index is 1990. The van der Waals surface area contributed by atoms with Crippen LogP contribution in [0, 0.1) is 11.6 Å². The molecule has 1 saturated heterocycles. The molecule has 2 aromatic carbocycles. The second-order valence-electron chi connectivity index (χ2n) is 13.1. The van der Waals surface area contributed by atoms with Crippen LogP contribution in [0.4, 0.5) is 20.3 Å². The van der Waals surface area contributed by atoms with Crippen molar-refractivity contribution in [3.05, 3.63) is 75.7 Å². The van der Waals surface area contributed by atoms with Gasteiger partial charge in [0.2, 0.25) is 5.91 Å². The number of aromatic nitrogens is 4. The number of hydrogen-bond donors (Lipinski definition) is 1. The van der Waals surface area contributed by atoms with Crippen LogP contribution in [0.5, 0.6) is 5.75 Å². The van der Waals surface area contributed by atoms with Crippen LogP contribution in [0.2, 0.25) is 5.02 Å². The molecule has 0 radical (unpaired) electrons. The Balaban J connectivity index is 1.84. The standard InChI is InChI=1S/C35H38ClF2N7O3/c1-8-23(47)43-14-19(6)44-20(15-43)12-13-42(7)32-26-31(27(36)25(28(32)38)24-21(37)10-9-11-22(24)46)45(35(48)41-34(26)44)33-29(17(2)3)39-16-40-30(33)18(4)5/h8-11,16-20,46H,1,12-15H2,2-7H3. The molecule has 0 spiro atoms. The molecule has 2 aliphatic heterocycles. The van der Waals surface area contributed by atoms with Gasteiger partial charge in [0.1, 0.15) is 23.7 Å². The van der Waals surface area contributed by atoms with E-state index in [9.17, 15) is 14.7 Å². The molecule has 4 aromatic rings. The molecule has 6 rings (SSSR count). The first-order valence-corrected chi connectivity index (χ1v) is 16.4. The highest BCUT2D eigenvalue weighted by atomic mass is 35.5. The van der Waals surface area contributed by atoms with Crippen LogP contribution in [0.1, 0.15) is 64.3 Å². The number of halogens is 3. The Morgan fingerprint density at radius 3 is 2.35 bits per heavy atom. The van der Waals surface area contributed by atoms with E-state index in [0.29, 0.717) is 43.1 Å². The average Bonchev–Trinajstić information content (AvgIpc) is 3.03. The molecule has 1 fully saturated rings. The van der Waals surface area contributed by atoms with Crippen molar-refractivity contribution in [1.29, 1.82) is 0 Å². The van der Waals surface area contributed by atoms with Gasteiger partial charge in [-0.3, -0.25) is 9.36 Å². The maximum absolute atomic E-state index is 17.2. The average molecular weight is 678 g/mol. The third-order valence-electron chi connectivity index (χ3n) is 9.30. The minimum absolute atomic E-state index is 0.0487. The summed E-state index contributed by atoms with van der Waals surface area (Å²) in [6.07, 6.45) is 3.21. The zero-order valence-electron chi connectivity index (χ0n) is 27.8. The van der Waals surface area contributed by atoms with E-state index in [2.05, 4.69) is 21.5 Å². The fraction of sp³-hybridized carbons (Fsp3) is 0.400. The predicted octanol–water partition coefficient (Wildman–Crippen LogP) is 6.16. The van der Waals surface area contributed by atoms with E-state index in [4.69, 9.17) is 11.6 Å². The topological polar surface area (TPSA) is 108 Å². The number of phenolic OH excluding ortho intramolecular Hbond substituents is 1. The van der Waals surface area contributed by atoms with E-state index in [1.54, 1.807) is 16.8 Å². The summed E-state index contributed by atoms with van der Waals surface area (Å²) in [6, 6.07) is 3.07. The van der Waals surface area contributed by atoms with Crippen molar-refractivity contribution in [3.63, 3.8) is 0 Å². The zero-order chi connectivity index (χ0) is 34.8. The van der Waals surface area contributed by atoms with Crippen LogP contribution in [0.3, 0.4) is 0 Å². The summed E-state index contributed by atoms with van der Waals surface area (Å²) in [5.74, 6) is -2.60. The lowest BCUT2D eigenvalue weighted by Gasteiger charge is -2.48. The number of carbonyl (C=O) groups is 1. The summed E-state index contributed by atoms with van der Waals surface area (Å²) in [5.41, 5.74) is 0.0812. The van der Waals surface area contributed by atoms with Gasteiger partial charge >= 0.3 is 5.69 Å². The van der Waals surface area contributed by atoms with Gasteiger partial charge in [-0.2, -0.15) is 4.98 Å². The minimum atomic E-state index is -0.885. The third kappa shape index (κ3) is 5.17. The Morgan fingerprint density at radius 1 is 1.08 bits per heavy atom. The molecule has 0 aliphatic carbocycles. The van der Waals surface area contributed by atoms with Crippen molar-refractivity contribution in [2.45, 2.75) is 65.0 Å². The van der Waals surface area contributed by atoms with Crippen LogP contribution in [-0.4, -0.2) is 74.2 Å². The lowest BCUT2D eigenvalue weighted by molar-refractivity contribution is -0.127. The first-order valence-electron chi connectivity index (χ1n) is 16.0. The number of hydrogen-bond acceptors (Lipinski definition) is 8. The second-order valence-corrected chi connectivity index (χ2v) is 13.5. The summed E-state index contributed by atoms with van der Waals surface area (Å²) in [7, 11) is 1.70. The van der Waals surface area contributed by atoms with Gasteiger partial charge in [-0.15, -0.1) is 0 Å². The first-order chi connectivity index (χ1) is 22.8. The lowest BCUT2D eigenvalue weighted by Crippen LogP contribution is -2.60. The number of amides is 1. The molecular weight excluding hydrogens is 640 g/mol. The number of anilines is 2. The SMILES string of the molecule is C=CC(=O)N1CC(C)N2c3nc(=O)n(-c4c(C(C)C)ncnc4C(C)C)c4c(Cl)c(-c5c(O)cccc5F)c(F)c(c34)N(C)CCC2C1.